The minimum absolute atomic E-state index is 0.766. The Kier molecular flexibility index (Phi) is 2.68. The van der Waals surface area contributed by atoms with Crippen LogP contribution in [0.2, 0.25) is 0 Å². The lowest BCUT2D eigenvalue weighted by molar-refractivity contribution is 0.720. The second kappa shape index (κ2) is 4.49. The van der Waals surface area contributed by atoms with Crippen molar-refractivity contribution in [1.29, 1.82) is 0 Å². The molecule has 2 aromatic heterocycles. The van der Waals surface area contributed by atoms with Crippen molar-refractivity contribution in [1.82, 2.24) is 14.8 Å². The van der Waals surface area contributed by atoms with Gasteiger partial charge in [0.25, 0.3) is 0 Å². The van der Waals surface area contributed by atoms with Crippen molar-refractivity contribution in [3.05, 3.63) is 54.5 Å². The van der Waals surface area contributed by atoms with Crippen LogP contribution in [0.5, 0.6) is 0 Å². The van der Waals surface area contributed by atoms with Crippen LogP contribution in [0.3, 0.4) is 0 Å². The lowest BCUT2D eigenvalue weighted by Gasteiger charge is -2.07. The summed E-state index contributed by atoms with van der Waals surface area (Å²) in [6.07, 6.45) is 3.62. The average Bonchev–Trinajstić information content (AvgIpc) is 2.82. The maximum absolute atomic E-state index is 4.30. The first-order chi connectivity index (χ1) is 8.83. The van der Waals surface area contributed by atoms with Crippen LogP contribution < -0.4 is 5.32 Å². The SMILES string of the molecule is Cn1nccc1CNc1ccc2ncccc2c1. The molecule has 90 valence electrons. The molecule has 0 bridgehead atoms. The molecule has 1 aromatic carbocycles. The molecule has 0 radical (unpaired) electrons. The fraction of sp³-hybridized carbons (Fsp3) is 0.143. The highest BCUT2D eigenvalue weighted by Crippen LogP contribution is 2.17. The van der Waals surface area contributed by atoms with Gasteiger partial charge in [0.2, 0.25) is 0 Å². The Morgan fingerprint density at radius 1 is 1.17 bits per heavy atom. The van der Waals surface area contributed by atoms with Gasteiger partial charge < -0.3 is 5.32 Å². The molecule has 3 rings (SSSR count). The van der Waals surface area contributed by atoms with Crippen LogP contribution in [0.25, 0.3) is 10.9 Å². The summed E-state index contributed by atoms with van der Waals surface area (Å²) in [4.78, 5) is 4.30. The highest BCUT2D eigenvalue weighted by Gasteiger charge is 1.99. The molecular weight excluding hydrogens is 224 g/mol. The van der Waals surface area contributed by atoms with Crippen LogP contribution in [0.15, 0.2) is 48.8 Å². The molecular formula is C14H14N4. The third-order valence-corrected chi connectivity index (χ3v) is 3.00. The third kappa shape index (κ3) is 2.05. The molecule has 0 amide bonds. The molecule has 0 aliphatic carbocycles. The molecule has 1 N–H and O–H groups in total. The second-order valence-electron chi connectivity index (χ2n) is 4.21. The van der Waals surface area contributed by atoms with Crippen LogP contribution >= 0.6 is 0 Å². The standard InChI is InChI=1S/C14H14N4/c1-18-13(6-8-17-18)10-16-12-4-5-14-11(9-12)3-2-7-15-14/h2-9,16H,10H2,1H3. The Hall–Kier alpha value is -2.36. The van der Waals surface area contributed by atoms with E-state index in [2.05, 4.69) is 27.5 Å². The summed E-state index contributed by atoms with van der Waals surface area (Å²) in [7, 11) is 1.95. The molecule has 18 heavy (non-hydrogen) atoms. The maximum Gasteiger partial charge on any atom is 0.0703 e. The summed E-state index contributed by atoms with van der Waals surface area (Å²) in [6.45, 7) is 0.766. The van der Waals surface area contributed by atoms with Gasteiger partial charge in [0.15, 0.2) is 0 Å². The number of nitrogens with one attached hydrogen (secondary N) is 1. The molecule has 0 aliphatic heterocycles. The van der Waals surface area contributed by atoms with Gasteiger partial charge >= 0.3 is 0 Å². The quantitative estimate of drug-likeness (QED) is 0.762. The first-order valence-corrected chi connectivity index (χ1v) is 5.88. The van der Waals surface area contributed by atoms with E-state index in [9.17, 15) is 0 Å². The van der Waals surface area contributed by atoms with Crippen molar-refractivity contribution in [3.8, 4) is 0 Å². The van der Waals surface area contributed by atoms with Gasteiger partial charge in [-0.05, 0) is 30.3 Å². The fourth-order valence-electron chi connectivity index (χ4n) is 1.95. The summed E-state index contributed by atoms with van der Waals surface area (Å²) in [5.74, 6) is 0. The maximum atomic E-state index is 4.30. The van der Waals surface area contributed by atoms with Gasteiger partial charge in [-0.2, -0.15) is 5.10 Å². The summed E-state index contributed by atoms with van der Waals surface area (Å²) >= 11 is 0. The van der Waals surface area contributed by atoms with Gasteiger partial charge in [-0.3, -0.25) is 9.67 Å². The van der Waals surface area contributed by atoms with E-state index in [1.165, 1.54) is 0 Å². The number of nitrogens with zero attached hydrogens (tertiary/aromatic N) is 3. The van der Waals surface area contributed by atoms with Gasteiger partial charge in [0.05, 0.1) is 17.8 Å². The first kappa shape index (κ1) is 10.8. The summed E-state index contributed by atoms with van der Waals surface area (Å²) in [5, 5.41) is 8.68. The molecule has 0 saturated heterocycles. The Morgan fingerprint density at radius 2 is 2.11 bits per heavy atom. The average molecular weight is 238 g/mol. The van der Waals surface area contributed by atoms with Crippen molar-refractivity contribution in [2.75, 3.05) is 5.32 Å². The number of fused-ring (bicyclic) bond motifs is 1. The van der Waals surface area contributed by atoms with E-state index in [-0.39, 0.29) is 0 Å². The minimum Gasteiger partial charge on any atom is -0.379 e. The van der Waals surface area contributed by atoms with E-state index in [0.717, 1.165) is 28.8 Å². The van der Waals surface area contributed by atoms with Crippen LogP contribution in [-0.2, 0) is 13.6 Å². The smallest absolute Gasteiger partial charge is 0.0703 e. The molecule has 3 aromatic rings. The minimum atomic E-state index is 0.766. The topological polar surface area (TPSA) is 42.7 Å². The summed E-state index contributed by atoms with van der Waals surface area (Å²) in [5.41, 5.74) is 3.27. The molecule has 0 saturated carbocycles. The lowest BCUT2D eigenvalue weighted by Crippen LogP contribution is -2.05. The first-order valence-electron chi connectivity index (χ1n) is 5.88. The van der Waals surface area contributed by atoms with Crippen molar-refractivity contribution in [2.45, 2.75) is 6.54 Å². The third-order valence-electron chi connectivity index (χ3n) is 3.00. The van der Waals surface area contributed by atoms with Gasteiger partial charge in [-0.25, -0.2) is 0 Å². The molecule has 0 spiro atoms. The van der Waals surface area contributed by atoms with E-state index < -0.39 is 0 Å². The van der Waals surface area contributed by atoms with E-state index in [1.54, 1.807) is 6.20 Å². The predicted molar refractivity (Wildman–Crippen MR) is 72.3 cm³/mol. The van der Waals surface area contributed by atoms with Crippen LogP contribution in [0.1, 0.15) is 5.69 Å². The van der Waals surface area contributed by atoms with Crippen molar-refractivity contribution >= 4 is 16.6 Å². The molecule has 0 unspecified atom stereocenters. The Morgan fingerprint density at radius 3 is 2.94 bits per heavy atom. The van der Waals surface area contributed by atoms with E-state index in [1.807, 2.05) is 42.2 Å². The van der Waals surface area contributed by atoms with Crippen LogP contribution in [0, 0.1) is 0 Å². The predicted octanol–water partition coefficient (Wildman–Crippen LogP) is 2.58. The molecule has 2 heterocycles. The highest BCUT2D eigenvalue weighted by molar-refractivity contribution is 5.82. The number of aromatic nitrogens is 3. The largest absolute Gasteiger partial charge is 0.379 e. The van der Waals surface area contributed by atoms with E-state index >= 15 is 0 Å². The molecule has 0 fully saturated rings. The summed E-state index contributed by atoms with van der Waals surface area (Å²) < 4.78 is 1.87. The lowest BCUT2D eigenvalue weighted by atomic mass is 10.2. The number of hydrogen-bond acceptors (Lipinski definition) is 3. The highest BCUT2D eigenvalue weighted by atomic mass is 15.3. The van der Waals surface area contributed by atoms with Gasteiger partial charge in [0.1, 0.15) is 0 Å². The molecule has 0 atom stereocenters. The molecule has 4 nitrogen and oxygen atoms in total. The van der Waals surface area contributed by atoms with Gasteiger partial charge in [0, 0.05) is 30.5 Å². The normalized spacial score (nSPS) is 10.7. The zero-order valence-electron chi connectivity index (χ0n) is 10.2. The summed E-state index contributed by atoms with van der Waals surface area (Å²) in [6, 6.07) is 12.2. The second-order valence-corrected chi connectivity index (χ2v) is 4.21. The monoisotopic (exact) mass is 238 g/mol. The van der Waals surface area contributed by atoms with Crippen LogP contribution in [-0.4, -0.2) is 14.8 Å². The van der Waals surface area contributed by atoms with Crippen molar-refractivity contribution < 1.29 is 0 Å². The number of rotatable bonds is 3. The zero-order chi connectivity index (χ0) is 12.4. The van der Waals surface area contributed by atoms with Crippen molar-refractivity contribution in [3.63, 3.8) is 0 Å². The van der Waals surface area contributed by atoms with E-state index in [0.29, 0.717) is 0 Å². The number of hydrogen-bond donors (Lipinski definition) is 1. The number of benzene rings is 1. The van der Waals surface area contributed by atoms with Gasteiger partial charge in [-0.1, -0.05) is 6.07 Å². The van der Waals surface area contributed by atoms with Crippen molar-refractivity contribution in [2.24, 2.45) is 7.05 Å². The van der Waals surface area contributed by atoms with Gasteiger partial charge in [-0.15, -0.1) is 0 Å². The number of aryl methyl sites for hydroxylation is 1. The number of anilines is 1. The van der Waals surface area contributed by atoms with E-state index in [4.69, 9.17) is 0 Å². The number of pyridine rings is 1. The zero-order valence-corrected chi connectivity index (χ0v) is 10.2. The molecule has 4 heteroatoms. The Balaban J connectivity index is 1.81. The molecule has 0 aliphatic rings. The Labute approximate surface area is 105 Å². The Bertz CT molecular complexity index is 672. The van der Waals surface area contributed by atoms with Crippen LogP contribution in [0.4, 0.5) is 5.69 Å². The fourth-order valence-corrected chi connectivity index (χ4v) is 1.95.